The number of hydrogen-bond acceptors (Lipinski definition) is 7. The van der Waals surface area contributed by atoms with E-state index in [1.807, 2.05) is 39.0 Å². The van der Waals surface area contributed by atoms with Crippen molar-refractivity contribution in [3.8, 4) is 11.5 Å². The van der Waals surface area contributed by atoms with Crippen molar-refractivity contribution in [3.05, 3.63) is 59.0 Å². The van der Waals surface area contributed by atoms with Gasteiger partial charge in [-0.05, 0) is 51.1 Å². The molecule has 4 N–H and O–H groups in total. The number of aromatic nitrogens is 1. The highest BCUT2D eigenvalue weighted by molar-refractivity contribution is 6.15. The van der Waals surface area contributed by atoms with E-state index in [1.54, 1.807) is 23.2 Å². The van der Waals surface area contributed by atoms with E-state index in [0.717, 1.165) is 16.5 Å². The molecule has 0 bridgehead atoms. The number of phenolic OH excluding ortho intramolecular Hbond substituents is 1. The Bertz CT molecular complexity index is 1380. The van der Waals surface area contributed by atoms with E-state index in [1.165, 1.54) is 6.07 Å². The molecule has 36 heavy (non-hydrogen) atoms. The van der Waals surface area contributed by atoms with Crippen LogP contribution in [0.15, 0.2) is 42.3 Å². The number of aromatic hydroxyl groups is 1. The maximum absolute atomic E-state index is 13.1. The van der Waals surface area contributed by atoms with Gasteiger partial charge in [0.15, 0.2) is 5.76 Å². The van der Waals surface area contributed by atoms with Crippen LogP contribution in [0.2, 0.25) is 0 Å². The number of allylic oxidation sites excluding steroid dienone is 1. The van der Waals surface area contributed by atoms with E-state index in [0.29, 0.717) is 55.3 Å². The Morgan fingerprint density at radius 3 is 2.67 bits per heavy atom. The van der Waals surface area contributed by atoms with Crippen molar-refractivity contribution in [2.24, 2.45) is 0 Å². The molecule has 3 aromatic rings. The average molecular weight is 491 g/mol. The van der Waals surface area contributed by atoms with Gasteiger partial charge in [0.05, 0.1) is 11.1 Å². The Labute approximate surface area is 209 Å². The summed E-state index contributed by atoms with van der Waals surface area (Å²) in [5, 5.41) is 11.6. The second kappa shape index (κ2) is 8.91. The fourth-order valence-corrected chi connectivity index (χ4v) is 4.52. The highest BCUT2D eigenvalue weighted by Crippen LogP contribution is 2.40. The molecule has 1 amide bonds. The number of nitrogens with one attached hydrogen (secondary N) is 1. The number of carbonyl (C=O) groups is 2. The molecule has 0 radical (unpaired) electrons. The molecule has 0 spiro atoms. The summed E-state index contributed by atoms with van der Waals surface area (Å²) in [5.41, 5.74) is 8.63. The zero-order valence-corrected chi connectivity index (χ0v) is 20.6. The monoisotopic (exact) mass is 490 g/mol. The summed E-state index contributed by atoms with van der Waals surface area (Å²) in [4.78, 5) is 32.5. The van der Waals surface area contributed by atoms with E-state index in [9.17, 15) is 14.7 Å². The molecule has 0 saturated carbocycles. The fraction of sp³-hybridized carbons (Fsp3) is 0.333. The van der Waals surface area contributed by atoms with Crippen LogP contribution in [0.3, 0.4) is 0 Å². The molecule has 5 rings (SSSR count). The molecule has 188 valence electrons. The molecule has 1 saturated heterocycles. The van der Waals surface area contributed by atoms with Crippen molar-refractivity contribution < 1.29 is 24.2 Å². The number of fused-ring (bicyclic) bond motifs is 2. The largest absolute Gasteiger partial charge is 0.507 e. The maximum atomic E-state index is 13.1. The first kappa shape index (κ1) is 23.7. The summed E-state index contributed by atoms with van der Waals surface area (Å²) in [5.74, 6) is 0.417. The predicted molar refractivity (Wildman–Crippen MR) is 137 cm³/mol. The van der Waals surface area contributed by atoms with Crippen LogP contribution in [0.5, 0.6) is 11.5 Å². The van der Waals surface area contributed by atoms with Gasteiger partial charge in [-0.15, -0.1) is 0 Å². The second-order valence-corrected chi connectivity index (χ2v) is 10.2. The first-order valence-electron chi connectivity index (χ1n) is 11.9. The van der Waals surface area contributed by atoms with E-state index in [-0.39, 0.29) is 23.4 Å². The number of piperazine rings is 1. The number of phenols is 1. The van der Waals surface area contributed by atoms with E-state index < -0.39 is 5.60 Å². The molecule has 2 aliphatic heterocycles. The molecule has 0 aliphatic carbocycles. The third-order valence-electron chi connectivity index (χ3n) is 6.35. The van der Waals surface area contributed by atoms with E-state index in [2.05, 4.69) is 9.88 Å². The minimum absolute atomic E-state index is 0.0694. The Hall–Kier alpha value is -3.98. The maximum Gasteiger partial charge on any atom is 0.410 e. The number of anilines is 1. The first-order valence-corrected chi connectivity index (χ1v) is 11.9. The number of ether oxygens (including phenoxy) is 2. The summed E-state index contributed by atoms with van der Waals surface area (Å²) >= 11 is 0. The summed E-state index contributed by atoms with van der Waals surface area (Å²) in [6.07, 6.45) is 3.19. The van der Waals surface area contributed by atoms with Gasteiger partial charge < -0.3 is 30.2 Å². The molecular weight excluding hydrogens is 460 g/mol. The van der Waals surface area contributed by atoms with Gasteiger partial charge in [-0.3, -0.25) is 9.69 Å². The van der Waals surface area contributed by atoms with Gasteiger partial charge in [0, 0.05) is 61.1 Å². The minimum Gasteiger partial charge on any atom is -0.507 e. The number of nitrogens with zero attached hydrogens (tertiary/aromatic N) is 2. The quantitative estimate of drug-likeness (QED) is 0.373. The van der Waals surface area contributed by atoms with Crippen molar-refractivity contribution in [1.82, 2.24) is 14.8 Å². The SMILES string of the molecule is CC(C)(C)OC(=O)N1CCN(Cc2c(O)ccc3c2O/C(=C\c2c[nH]c4cc(N)ccc24)C3=O)CC1. The van der Waals surface area contributed by atoms with Gasteiger partial charge >= 0.3 is 6.09 Å². The van der Waals surface area contributed by atoms with Crippen molar-refractivity contribution in [1.29, 1.82) is 0 Å². The number of nitrogens with two attached hydrogens (primary N) is 1. The number of H-pyrrole nitrogens is 1. The molecular formula is C27H30N4O5. The number of aromatic amines is 1. The van der Waals surface area contributed by atoms with Crippen LogP contribution in [0.4, 0.5) is 10.5 Å². The number of rotatable bonds is 3. The summed E-state index contributed by atoms with van der Waals surface area (Å²) in [6.45, 7) is 8.18. The van der Waals surface area contributed by atoms with Gasteiger partial charge in [0.2, 0.25) is 5.78 Å². The molecule has 0 atom stereocenters. The third-order valence-corrected chi connectivity index (χ3v) is 6.35. The van der Waals surface area contributed by atoms with Crippen molar-refractivity contribution in [3.63, 3.8) is 0 Å². The molecule has 9 nitrogen and oxygen atoms in total. The highest BCUT2D eigenvalue weighted by atomic mass is 16.6. The van der Waals surface area contributed by atoms with Gasteiger partial charge in [0.1, 0.15) is 17.1 Å². The third kappa shape index (κ3) is 4.61. The lowest BCUT2D eigenvalue weighted by atomic mass is 10.0. The first-order chi connectivity index (χ1) is 17.1. The highest BCUT2D eigenvalue weighted by Gasteiger charge is 2.33. The number of nitrogen functional groups attached to an aromatic ring is 1. The number of benzene rings is 2. The van der Waals surface area contributed by atoms with Crippen LogP contribution in [0.1, 0.15) is 42.3 Å². The number of carbonyl (C=O) groups excluding carboxylic acids is 2. The summed E-state index contributed by atoms with van der Waals surface area (Å²) in [7, 11) is 0. The lowest BCUT2D eigenvalue weighted by molar-refractivity contribution is 0.0138. The molecule has 0 unspecified atom stereocenters. The molecule has 2 aliphatic rings. The normalized spacial score (nSPS) is 17.5. The van der Waals surface area contributed by atoms with Crippen LogP contribution < -0.4 is 10.5 Å². The lowest BCUT2D eigenvalue weighted by Crippen LogP contribution is -2.49. The summed E-state index contributed by atoms with van der Waals surface area (Å²) < 4.78 is 11.5. The van der Waals surface area contributed by atoms with E-state index in [4.69, 9.17) is 15.2 Å². The van der Waals surface area contributed by atoms with Gasteiger partial charge in [-0.1, -0.05) is 6.07 Å². The average Bonchev–Trinajstić information content (AvgIpc) is 3.35. The predicted octanol–water partition coefficient (Wildman–Crippen LogP) is 4.12. The molecule has 9 heteroatoms. The standard InChI is InChI=1S/C27H30N4O5/c1-27(2,3)36-26(34)31-10-8-30(9-11-31)15-20-22(32)7-6-19-24(33)23(35-25(19)20)12-16-14-29-21-13-17(28)4-5-18(16)21/h4-7,12-14,29,32H,8-11,15,28H2,1-3H3/b23-12-. The Kier molecular flexibility index (Phi) is 5.88. The van der Waals surface area contributed by atoms with Gasteiger partial charge in [0.25, 0.3) is 0 Å². The number of ketones is 1. The molecule has 1 fully saturated rings. The Balaban J connectivity index is 1.33. The van der Waals surface area contributed by atoms with Crippen LogP contribution >= 0.6 is 0 Å². The van der Waals surface area contributed by atoms with Crippen molar-refractivity contribution in [2.75, 3.05) is 31.9 Å². The number of hydrogen-bond donors (Lipinski definition) is 3. The molecule has 3 heterocycles. The molecule has 2 aromatic carbocycles. The zero-order chi connectivity index (χ0) is 25.6. The zero-order valence-electron chi connectivity index (χ0n) is 20.6. The van der Waals surface area contributed by atoms with Crippen molar-refractivity contribution >= 4 is 34.5 Å². The topological polar surface area (TPSA) is 121 Å². The smallest absolute Gasteiger partial charge is 0.410 e. The van der Waals surface area contributed by atoms with E-state index >= 15 is 0 Å². The second-order valence-electron chi connectivity index (χ2n) is 10.2. The lowest BCUT2D eigenvalue weighted by Gasteiger charge is -2.35. The fourth-order valence-electron chi connectivity index (χ4n) is 4.52. The van der Waals surface area contributed by atoms with Gasteiger partial charge in [-0.2, -0.15) is 0 Å². The van der Waals surface area contributed by atoms with Gasteiger partial charge in [-0.25, -0.2) is 4.79 Å². The van der Waals surface area contributed by atoms with Crippen LogP contribution in [0.25, 0.3) is 17.0 Å². The van der Waals surface area contributed by atoms with Crippen LogP contribution in [-0.4, -0.2) is 63.5 Å². The van der Waals surface area contributed by atoms with Crippen LogP contribution in [-0.2, 0) is 11.3 Å². The summed E-state index contributed by atoms with van der Waals surface area (Å²) in [6, 6.07) is 8.66. The number of Topliss-reactive ketones (excluding diaryl/α,β-unsaturated/α-hetero) is 1. The van der Waals surface area contributed by atoms with Crippen LogP contribution in [0, 0.1) is 0 Å². The Morgan fingerprint density at radius 2 is 1.94 bits per heavy atom. The Morgan fingerprint density at radius 1 is 1.19 bits per heavy atom. The van der Waals surface area contributed by atoms with Crippen molar-refractivity contribution in [2.45, 2.75) is 32.9 Å². The minimum atomic E-state index is -0.542. The number of amides is 1. The molecule has 1 aromatic heterocycles.